The van der Waals surface area contributed by atoms with Crippen LogP contribution >= 0.6 is 0 Å². The third-order valence-electron chi connectivity index (χ3n) is 4.23. The summed E-state index contributed by atoms with van der Waals surface area (Å²) in [5, 5.41) is 8.53. The number of amides is 1. The zero-order valence-corrected chi connectivity index (χ0v) is 13.9. The second-order valence-corrected chi connectivity index (χ2v) is 5.95. The lowest BCUT2D eigenvalue weighted by molar-refractivity contribution is 0.0998. The van der Waals surface area contributed by atoms with Gasteiger partial charge in [-0.15, -0.1) is 0 Å². The molecule has 4 aromatic rings. The summed E-state index contributed by atoms with van der Waals surface area (Å²) in [4.78, 5) is 16.9. The number of furan rings is 1. The van der Waals surface area contributed by atoms with Gasteiger partial charge in [-0.05, 0) is 38.1 Å². The highest BCUT2D eigenvalue weighted by Crippen LogP contribution is 2.27. The molecule has 0 radical (unpaired) electrons. The van der Waals surface area contributed by atoms with Crippen molar-refractivity contribution in [3.8, 4) is 0 Å². The van der Waals surface area contributed by atoms with Crippen LogP contribution in [-0.2, 0) is 7.05 Å². The van der Waals surface area contributed by atoms with E-state index in [9.17, 15) is 9.18 Å². The number of benzene rings is 1. The Morgan fingerprint density at radius 1 is 1.24 bits per heavy atom. The van der Waals surface area contributed by atoms with Crippen LogP contribution in [0.5, 0.6) is 0 Å². The quantitative estimate of drug-likeness (QED) is 0.604. The fraction of sp³-hybridized carbons (Fsp3) is 0.167. The smallest absolute Gasteiger partial charge is 0.291 e. The van der Waals surface area contributed by atoms with Crippen LogP contribution in [0.15, 0.2) is 34.9 Å². The summed E-state index contributed by atoms with van der Waals surface area (Å²) in [6, 6.07) is 5.99. The number of pyridine rings is 1. The summed E-state index contributed by atoms with van der Waals surface area (Å²) in [6.45, 7) is 3.61. The number of aryl methyl sites for hydroxylation is 3. The van der Waals surface area contributed by atoms with Crippen molar-refractivity contribution in [3.05, 3.63) is 53.3 Å². The van der Waals surface area contributed by atoms with Gasteiger partial charge < -0.3 is 9.73 Å². The van der Waals surface area contributed by atoms with E-state index < -0.39 is 5.91 Å². The Balaban J connectivity index is 1.70. The number of carbonyl (C=O) groups is 1. The summed E-state index contributed by atoms with van der Waals surface area (Å²) in [6.07, 6.45) is 1.57. The molecule has 3 aromatic heterocycles. The Morgan fingerprint density at radius 2 is 2.04 bits per heavy atom. The first kappa shape index (κ1) is 15.3. The molecule has 0 saturated heterocycles. The van der Waals surface area contributed by atoms with Crippen LogP contribution in [0.4, 0.5) is 10.1 Å². The maximum absolute atomic E-state index is 13.4. The van der Waals surface area contributed by atoms with Crippen LogP contribution in [0.2, 0.25) is 0 Å². The Bertz CT molecular complexity index is 1140. The molecule has 0 spiro atoms. The molecule has 25 heavy (non-hydrogen) atoms. The number of carbonyl (C=O) groups excluding carboxylic acids is 1. The Kier molecular flexibility index (Phi) is 3.31. The van der Waals surface area contributed by atoms with E-state index in [0.29, 0.717) is 22.2 Å². The van der Waals surface area contributed by atoms with E-state index in [2.05, 4.69) is 15.4 Å². The summed E-state index contributed by atoms with van der Waals surface area (Å²) in [5.74, 6) is -0.620. The molecule has 0 aliphatic rings. The fourth-order valence-corrected chi connectivity index (χ4v) is 2.97. The van der Waals surface area contributed by atoms with E-state index >= 15 is 0 Å². The van der Waals surface area contributed by atoms with Gasteiger partial charge in [-0.25, -0.2) is 9.37 Å². The van der Waals surface area contributed by atoms with Crippen molar-refractivity contribution in [1.29, 1.82) is 0 Å². The second-order valence-electron chi connectivity index (χ2n) is 5.95. The lowest BCUT2D eigenvalue weighted by Gasteiger charge is -2.04. The van der Waals surface area contributed by atoms with Crippen LogP contribution in [-0.4, -0.2) is 20.7 Å². The third kappa shape index (κ3) is 2.44. The molecule has 4 rings (SSSR count). The molecule has 1 aromatic carbocycles. The number of hydrogen-bond acceptors (Lipinski definition) is 4. The zero-order chi connectivity index (χ0) is 17.7. The van der Waals surface area contributed by atoms with Crippen molar-refractivity contribution < 1.29 is 13.6 Å². The molecule has 6 nitrogen and oxygen atoms in total. The maximum Gasteiger partial charge on any atom is 0.291 e. The summed E-state index contributed by atoms with van der Waals surface area (Å²) >= 11 is 0. The van der Waals surface area contributed by atoms with E-state index in [1.54, 1.807) is 17.8 Å². The van der Waals surface area contributed by atoms with Gasteiger partial charge in [-0.2, -0.15) is 5.10 Å². The van der Waals surface area contributed by atoms with Crippen LogP contribution in [0.3, 0.4) is 0 Å². The number of nitrogens with zero attached hydrogens (tertiary/aromatic N) is 3. The van der Waals surface area contributed by atoms with Gasteiger partial charge >= 0.3 is 0 Å². The molecule has 0 atom stereocenters. The summed E-state index contributed by atoms with van der Waals surface area (Å²) in [5.41, 5.74) is 3.18. The number of fused-ring (bicyclic) bond motifs is 2. The number of nitrogens with one attached hydrogen (secondary N) is 1. The van der Waals surface area contributed by atoms with E-state index in [-0.39, 0.29) is 11.6 Å². The van der Waals surface area contributed by atoms with Crippen molar-refractivity contribution in [2.45, 2.75) is 13.8 Å². The largest absolute Gasteiger partial charge is 0.451 e. The predicted octanol–water partition coefficient (Wildman–Crippen LogP) is 3.72. The highest BCUT2D eigenvalue weighted by atomic mass is 19.1. The van der Waals surface area contributed by atoms with Crippen molar-refractivity contribution >= 4 is 33.6 Å². The molecule has 0 saturated carbocycles. The van der Waals surface area contributed by atoms with Crippen molar-refractivity contribution in [2.75, 3.05) is 5.32 Å². The number of rotatable bonds is 2. The molecule has 1 amide bonds. The Labute approximate surface area is 142 Å². The third-order valence-corrected chi connectivity index (χ3v) is 4.23. The van der Waals surface area contributed by atoms with E-state index in [0.717, 1.165) is 16.7 Å². The first-order valence-corrected chi connectivity index (χ1v) is 7.73. The molecule has 3 heterocycles. The topological polar surface area (TPSA) is 73.0 Å². The van der Waals surface area contributed by atoms with Gasteiger partial charge in [0.15, 0.2) is 11.4 Å². The molecule has 0 aliphatic carbocycles. The van der Waals surface area contributed by atoms with Crippen LogP contribution in [0, 0.1) is 19.7 Å². The van der Waals surface area contributed by atoms with Crippen LogP contribution in [0.25, 0.3) is 22.0 Å². The van der Waals surface area contributed by atoms with Gasteiger partial charge in [0.1, 0.15) is 11.4 Å². The minimum atomic E-state index is -0.406. The van der Waals surface area contributed by atoms with Gasteiger partial charge in [0.2, 0.25) is 0 Å². The summed E-state index contributed by atoms with van der Waals surface area (Å²) in [7, 11) is 1.82. The minimum Gasteiger partial charge on any atom is -0.451 e. The first-order chi connectivity index (χ1) is 11.9. The van der Waals surface area contributed by atoms with Gasteiger partial charge in [-0.3, -0.25) is 9.48 Å². The molecule has 0 unspecified atom stereocenters. The molecular weight excluding hydrogens is 323 g/mol. The standard InChI is InChI=1S/C18H15FN4O2/c1-9-13-6-11(19)4-5-15(13)25-16(9)18(24)21-12-7-14-10(2)22-23(3)17(14)20-8-12/h4-8H,1-3H3,(H,21,24). The van der Waals surface area contributed by atoms with Gasteiger partial charge in [0.05, 0.1) is 17.6 Å². The zero-order valence-electron chi connectivity index (χ0n) is 13.9. The number of hydrogen-bond donors (Lipinski definition) is 1. The van der Waals surface area contributed by atoms with Gasteiger partial charge in [-0.1, -0.05) is 0 Å². The minimum absolute atomic E-state index is 0.156. The highest BCUT2D eigenvalue weighted by Gasteiger charge is 2.19. The fourth-order valence-electron chi connectivity index (χ4n) is 2.97. The molecule has 0 aliphatic heterocycles. The van der Waals surface area contributed by atoms with E-state index in [4.69, 9.17) is 4.42 Å². The lowest BCUT2D eigenvalue weighted by atomic mass is 10.1. The number of anilines is 1. The number of halogens is 1. The molecule has 1 N–H and O–H groups in total. The molecule has 126 valence electrons. The first-order valence-electron chi connectivity index (χ1n) is 7.73. The maximum atomic E-state index is 13.4. The molecule has 0 bridgehead atoms. The average Bonchev–Trinajstić information content (AvgIpc) is 3.05. The average molecular weight is 338 g/mol. The molecule has 7 heteroatoms. The monoisotopic (exact) mass is 338 g/mol. The Morgan fingerprint density at radius 3 is 2.84 bits per heavy atom. The normalized spacial score (nSPS) is 11.4. The van der Waals surface area contributed by atoms with Crippen molar-refractivity contribution in [1.82, 2.24) is 14.8 Å². The molecular formula is C18H15FN4O2. The van der Waals surface area contributed by atoms with Gasteiger partial charge in [0, 0.05) is 23.4 Å². The Hall–Kier alpha value is -3.22. The summed E-state index contributed by atoms with van der Waals surface area (Å²) < 4.78 is 20.7. The van der Waals surface area contributed by atoms with Crippen molar-refractivity contribution in [2.24, 2.45) is 7.05 Å². The van der Waals surface area contributed by atoms with E-state index in [1.807, 2.05) is 20.0 Å². The number of aromatic nitrogens is 3. The highest BCUT2D eigenvalue weighted by molar-refractivity contribution is 6.06. The second kappa shape index (κ2) is 5.41. The lowest BCUT2D eigenvalue weighted by Crippen LogP contribution is -2.12. The van der Waals surface area contributed by atoms with Crippen LogP contribution in [0.1, 0.15) is 21.8 Å². The van der Waals surface area contributed by atoms with Gasteiger partial charge in [0.25, 0.3) is 5.91 Å². The predicted molar refractivity (Wildman–Crippen MR) is 92.1 cm³/mol. The van der Waals surface area contributed by atoms with Crippen molar-refractivity contribution in [3.63, 3.8) is 0 Å². The van der Waals surface area contributed by atoms with E-state index in [1.165, 1.54) is 18.2 Å². The van der Waals surface area contributed by atoms with Crippen LogP contribution < -0.4 is 5.32 Å². The SMILES string of the molecule is Cc1c(C(=O)Nc2cnc3c(c2)c(C)nn3C)oc2ccc(F)cc12. The molecule has 0 fully saturated rings.